The Morgan fingerprint density at radius 2 is 1.53 bits per heavy atom. The van der Waals surface area contributed by atoms with Gasteiger partial charge in [-0.15, -0.1) is 11.8 Å². The third-order valence-electron chi connectivity index (χ3n) is 5.23. The standard InChI is InChI=1S/C26H22N4O5S/c31-23(14-15-25(33)34)27-17-8-12-21(13-9-17)36-22-16-24(32)30(26(22)35)20-10-6-19(7-11-20)29-28-18-4-2-1-3-5-18/h1-13,22H,14-16H2,(H,27,31)(H,33,34)/t22-/m1/s1. The van der Waals surface area contributed by atoms with Crippen LogP contribution in [0.3, 0.4) is 0 Å². The topological polar surface area (TPSA) is 128 Å². The average Bonchev–Trinajstić information content (AvgIpc) is 3.16. The first-order valence-electron chi connectivity index (χ1n) is 11.1. The number of carbonyl (C=O) groups is 4. The highest BCUT2D eigenvalue weighted by atomic mass is 32.2. The van der Waals surface area contributed by atoms with Gasteiger partial charge in [0.15, 0.2) is 0 Å². The van der Waals surface area contributed by atoms with E-state index < -0.39 is 17.1 Å². The van der Waals surface area contributed by atoms with E-state index in [9.17, 15) is 19.2 Å². The molecule has 0 aliphatic carbocycles. The van der Waals surface area contributed by atoms with Crippen LogP contribution in [0.25, 0.3) is 0 Å². The molecule has 0 unspecified atom stereocenters. The Balaban J connectivity index is 1.35. The lowest BCUT2D eigenvalue weighted by atomic mass is 10.2. The van der Waals surface area contributed by atoms with E-state index in [0.717, 1.165) is 10.6 Å². The van der Waals surface area contributed by atoms with Crippen LogP contribution in [-0.4, -0.2) is 34.0 Å². The zero-order valence-corrected chi connectivity index (χ0v) is 19.9. The molecule has 182 valence electrons. The predicted molar refractivity (Wildman–Crippen MR) is 136 cm³/mol. The summed E-state index contributed by atoms with van der Waals surface area (Å²) in [6, 6.07) is 22.9. The van der Waals surface area contributed by atoms with Crippen molar-refractivity contribution in [3.63, 3.8) is 0 Å². The Bertz CT molecular complexity index is 1290. The lowest BCUT2D eigenvalue weighted by Crippen LogP contribution is -2.30. The second-order valence-corrected chi connectivity index (χ2v) is 9.17. The van der Waals surface area contributed by atoms with E-state index in [1.54, 1.807) is 48.5 Å². The number of hydrogen-bond acceptors (Lipinski definition) is 7. The second kappa shape index (κ2) is 11.4. The van der Waals surface area contributed by atoms with Crippen molar-refractivity contribution in [1.82, 2.24) is 0 Å². The van der Waals surface area contributed by atoms with Crippen molar-refractivity contribution in [2.75, 3.05) is 10.2 Å². The van der Waals surface area contributed by atoms with Crippen molar-refractivity contribution in [3.05, 3.63) is 78.9 Å². The molecule has 1 fully saturated rings. The highest BCUT2D eigenvalue weighted by Gasteiger charge is 2.40. The van der Waals surface area contributed by atoms with Gasteiger partial charge in [0.2, 0.25) is 17.7 Å². The van der Waals surface area contributed by atoms with Crippen LogP contribution < -0.4 is 10.2 Å². The SMILES string of the molecule is O=C(O)CCC(=O)Nc1ccc(S[C@@H]2CC(=O)N(c3ccc(N=Nc4ccccc4)cc3)C2=O)cc1. The summed E-state index contributed by atoms with van der Waals surface area (Å²) < 4.78 is 0. The van der Waals surface area contributed by atoms with E-state index in [1.807, 2.05) is 30.3 Å². The molecule has 1 aliphatic heterocycles. The lowest BCUT2D eigenvalue weighted by molar-refractivity contribution is -0.138. The first-order chi connectivity index (χ1) is 17.4. The van der Waals surface area contributed by atoms with Gasteiger partial charge in [0.1, 0.15) is 0 Å². The normalized spacial score (nSPS) is 15.4. The van der Waals surface area contributed by atoms with E-state index in [2.05, 4.69) is 15.5 Å². The van der Waals surface area contributed by atoms with Crippen molar-refractivity contribution >= 4 is 58.2 Å². The van der Waals surface area contributed by atoms with Gasteiger partial charge in [-0.25, -0.2) is 4.90 Å². The number of rotatable bonds is 9. The van der Waals surface area contributed by atoms with Crippen molar-refractivity contribution in [3.8, 4) is 0 Å². The van der Waals surface area contributed by atoms with Crippen LogP contribution in [0.1, 0.15) is 19.3 Å². The molecular weight excluding hydrogens is 480 g/mol. The number of nitrogens with zero attached hydrogens (tertiary/aromatic N) is 3. The molecular formula is C26H22N4O5S. The number of carboxylic acids is 1. The third kappa shape index (κ3) is 6.42. The second-order valence-electron chi connectivity index (χ2n) is 7.90. The first kappa shape index (κ1) is 24.8. The van der Waals surface area contributed by atoms with Gasteiger partial charge in [-0.1, -0.05) is 18.2 Å². The van der Waals surface area contributed by atoms with Crippen LogP contribution in [0, 0.1) is 0 Å². The summed E-state index contributed by atoms with van der Waals surface area (Å²) in [5.74, 6) is -2.00. The number of anilines is 2. The zero-order chi connectivity index (χ0) is 25.5. The first-order valence-corrected chi connectivity index (χ1v) is 12.0. The van der Waals surface area contributed by atoms with Gasteiger partial charge in [0.25, 0.3) is 0 Å². The minimum atomic E-state index is -1.04. The summed E-state index contributed by atoms with van der Waals surface area (Å²) in [4.78, 5) is 49.9. The van der Waals surface area contributed by atoms with Crippen LogP contribution in [0.4, 0.5) is 22.7 Å². The predicted octanol–water partition coefficient (Wildman–Crippen LogP) is 5.33. The summed E-state index contributed by atoms with van der Waals surface area (Å²) in [7, 11) is 0. The molecule has 1 saturated heterocycles. The monoisotopic (exact) mass is 502 g/mol. The number of carboxylic acid groups (broad SMARTS) is 1. The molecule has 9 nitrogen and oxygen atoms in total. The van der Waals surface area contributed by atoms with Crippen LogP contribution in [-0.2, 0) is 19.2 Å². The molecule has 1 atom stereocenters. The number of azo groups is 1. The van der Waals surface area contributed by atoms with Gasteiger partial charge in [0, 0.05) is 23.4 Å². The summed E-state index contributed by atoms with van der Waals surface area (Å²) in [6.07, 6.45) is -0.279. The number of thioether (sulfide) groups is 1. The fourth-order valence-electron chi connectivity index (χ4n) is 3.47. The van der Waals surface area contributed by atoms with Crippen LogP contribution in [0.2, 0.25) is 0 Å². The van der Waals surface area contributed by atoms with E-state index in [4.69, 9.17) is 5.11 Å². The largest absolute Gasteiger partial charge is 0.481 e. The summed E-state index contributed by atoms with van der Waals surface area (Å²) in [5, 5.41) is 19.1. The summed E-state index contributed by atoms with van der Waals surface area (Å²) in [6.45, 7) is 0. The van der Waals surface area contributed by atoms with Crippen LogP contribution in [0.5, 0.6) is 0 Å². The van der Waals surface area contributed by atoms with Gasteiger partial charge in [-0.05, 0) is 60.7 Å². The molecule has 1 heterocycles. The molecule has 0 radical (unpaired) electrons. The van der Waals surface area contributed by atoms with Gasteiger partial charge in [-0.3, -0.25) is 19.2 Å². The Hall–Kier alpha value is -4.31. The minimum Gasteiger partial charge on any atom is -0.481 e. The van der Waals surface area contributed by atoms with Crippen molar-refractivity contribution in [2.45, 2.75) is 29.4 Å². The highest BCUT2D eigenvalue weighted by Crippen LogP contribution is 2.35. The average molecular weight is 503 g/mol. The molecule has 0 bridgehead atoms. The van der Waals surface area contributed by atoms with E-state index in [-0.39, 0.29) is 31.1 Å². The maximum atomic E-state index is 13.0. The molecule has 3 aromatic rings. The summed E-state index contributed by atoms with van der Waals surface area (Å²) in [5.41, 5.74) is 2.32. The molecule has 0 saturated carbocycles. The van der Waals surface area contributed by atoms with Crippen LogP contribution >= 0.6 is 11.8 Å². The lowest BCUT2D eigenvalue weighted by Gasteiger charge is -2.15. The Morgan fingerprint density at radius 3 is 2.17 bits per heavy atom. The van der Waals surface area contributed by atoms with Gasteiger partial charge >= 0.3 is 5.97 Å². The molecule has 36 heavy (non-hydrogen) atoms. The minimum absolute atomic E-state index is 0.0760. The van der Waals surface area contributed by atoms with Gasteiger partial charge in [0.05, 0.1) is 28.7 Å². The van der Waals surface area contributed by atoms with Crippen molar-refractivity contribution in [2.24, 2.45) is 10.2 Å². The molecule has 3 aromatic carbocycles. The molecule has 1 aliphatic rings. The van der Waals surface area contributed by atoms with Gasteiger partial charge < -0.3 is 10.4 Å². The Morgan fingerprint density at radius 1 is 0.889 bits per heavy atom. The molecule has 0 aromatic heterocycles. The summed E-state index contributed by atoms with van der Waals surface area (Å²) >= 11 is 1.28. The Labute approximate surface area is 211 Å². The number of amides is 3. The maximum absolute atomic E-state index is 13.0. The highest BCUT2D eigenvalue weighted by molar-refractivity contribution is 8.00. The number of nitrogens with one attached hydrogen (secondary N) is 1. The maximum Gasteiger partial charge on any atom is 0.303 e. The van der Waals surface area contributed by atoms with Crippen molar-refractivity contribution < 1.29 is 24.3 Å². The molecule has 2 N–H and O–H groups in total. The fraction of sp³-hybridized carbons (Fsp3) is 0.154. The number of imide groups is 1. The molecule has 4 rings (SSSR count). The van der Waals surface area contributed by atoms with E-state index in [0.29, 0.717) is 17.1 Å². The number of benzene rings is 3. The quantitative estimate of drug-likeness (QED) is 0.301. The zero-order valence-electron chi connectivity index (χ0n) is 19.0. The van der Waals surface area contributed by atoms with E-state index in [1.165, 1.54) is 16.7 Å². The Kier molecular flexibility index (Phi) is 7.86. The number of carbonyl (C=O) groups excluding carboxylic acids is 3. The number of hydrogen-bond donors (Lipinski definition) is 2. The third-order valence-corrected chi connectivity index (χ3v) is 6.43. The molecule has 10 heteroatoms. The molecule has 3 amide bonds. The van der Waals surface area contributed by atoms with E-state index >= 15 is 0 Å². The fourth-order valence-corrected chi connectivity index (χ4v) is 4.52. The van der Waals surface area contributed by atoms with Crippen LogP contribution in [0.15, 0.2) is 94.0 Å². The number of aliphatic carboxylic acids is 1. The molecule has 0 spiro atoms. The smallest absolute Gasteiger partial charge is 0.303 e. The van der Waals surface area contributed by atoms with Crippen molar-refractivity contribution in [1.29, 1.82) is 0 Å². The van der Waals surface area contributed by atoms with Gasteiger partial charge in [-0.2, -0.15) is 10.2 Å².